The van der Waals surface area contributed by atoms with Crippen LogP contribution in [0.2, 0.25) is 0 Å². The molecule has 1 aliphatic rings. The first-order valence-corrected chi connectivity index (χ1v) is 10.6. The summed E-state index contributed by atoms with van der Waals surface area (Å²) in [6.07, 6.45) is 2.17. The van der Waals surface area contributed by atoms with Gasteiger partial charge in [0.2, 0.25) is 23.5 Å². The molecular formula is C22H30N4O4. The molecule has 30 heavy (non-hydrogen) atoms. The lowest BCUT2D eigenvalue weighted by molar-refractivity contribution is -0.140. The van der Waals surface area contributed by atoms with Gasteiger partial charge in [-0.25, -0.2) is 0 Å². The summed E-state index contributed by atoms with van der Waals surface area (Å²) < 4.78 is 10.4. The molecule has 8 heteroatoms. The fourth-order valence-electron chi connectivity index (χ4n) is 3.76. The first-order chi connectivity index (χ1) is 14.5. The smallest absolute Gasteiger partial charge is 0.227 e. The minimum atomic E-state index is 0.0249. The summed E-state index contributed by atoms with van der Waals surface area (Å²) in [5.74, 6) is 2.00. The maximum absolute atomic E-state index is 12.6. The van der Waals surface area contributed by atoms with Gasteiger partial charge in [0.15, 0.2) is 0 Å². The highest BCUT2D eigenvalue weighted by Gasteiger charge is 2.29. The van der Waals surface area contributed by atoms with Gasteiger partial charge in [-0.15, -0.1) is 0 Å². The topological polar surface area (TPSA) is 88.8 Å². The number of hydrogen-bond donors (Lipinski definition) is 0. The third-order valence-corrected chi connectivity index (χ3v) is 5.64. The zero-order valence-electron chi connectivity index (χ0n) is 18.0. The van der Waals surface area contributed by atoms with Crippen molar-refractivity contribution in [1.82, 2.24) is 19.9 Å². The van der Waals surface area contributed by atoms with Crippen LogP contribution in [0.3, 0.4) is 0 Å². The second-order valence-electron chi connectivity index (χ2n) is 7.41. The van der Waals surface area contributed by atoms with Crippen LogP contribution in [0.25, 0.3) is 11.4 Å². The van der Waals surface area contributed by atoms with E-state index in [1.807, 2.05) is 47.9 Å². The van der Waals surface area contributed by atoms with Crippen molar-refractivity contribution >= 4 is 11.8 Å². The van der Waals surface area contributed by atoms with E-state index in [1.54, 1.807) is 7.11 Å². The van der Waals surface area contributed by atoms with Gasteiger partial charge in [0.1, 0.15) is 5.75 Å². The molecule has 0 aliphatic carbocycles. The van der Waals surface area contributed by atoms with Crippen LogP contribution in [0.4, 0.5) is 0 Å². The summed E-state index contributed by atoms with van der Waals surface area (Å²) in [5, 5.41) is 4.00. The maximum Gasteiger partial charge on any atom is 0.227 e. The lowest BCUT2D eigenvalue weighted by Gasteiger charge is -2.33. The van der Waals surface area contributed by atoms with Crippen LogP contribution in [0, 0.1) is 5.92 Å². The number of ether oxygens (including phenoxy) is 1. The lowest BCUT2D eigenvalue weighted by Crippen LogP contribution is -2.44. The molecule has 1 aromatic carbocycles. The van der Waals surface area contributed by atoms with Crippen molar-refractivity contribution in [3.05, 3.63) is 30.2 Å². The van der Waals surface area contributed by atoms with Gasteiger partial charge in [0, 0.05) is 50.5 Å². The SMILES string of the molecule is CCN(CC)C(=O)C1CCN(C(=O)CCc2nc(-c3ccc(OC)cc3)no2)CC1. The van der Waals surface area contributed by atoms with Crippen molar-refractivity contribution in [2.45, 2.75) is 39.5 Å². The summed E-state index contributed by atoms with van der Waals surface area (Å²) in [7, 11) is 1.61. The number of aryl methyl sites for hydroxylation is 1. The van der Waals surface area contributed by atoms with Gasteiger partial charge in [0.25, 0.3) is 0 Å². The molecule has 2 aromatic rings. The Morgan fingerprint density at radius 2 is 1.83 bits per heavy atom. The molecule has 8 nitrogen and oxygen atoms in total. The van der Waals surface area contributed by atoms with Gasteiger partial charge in [-0.3, -0.25) is 9.59 Å². The number of carbonyl (C=O) groups is 2. The van der Waals surface area contributed by atoms with E-state index in [0.717, 1.165) is 37.2 Å². The lowest BCUT2D eigenvalue weighted by atomic mass is 9.95. The number of amides is 2. The van der Waals surface area contributed by atoms with Crippen molar-refractivity contribution < 1.29 is 18.8 Å². The van der Waals surface area contributed by atoms with Gasteiger partial charge < -0.3 is 19.1 Å². The largest absolute Gasteiger partial charge is 0.497 e. The Bertz CT molecular complexity index is 837. The highest BCUT2D eigenvalue weighted by atomic mass is 16.5. The molecule has 1 fully saturated rings. The number of aromatic nitrogens is 2. The molecule has 0 unspecified atom stereocenters. The summed E-state index contributed by atoms with van der Waals surface area (Å²) in [6, 6.07) is 7.40. The maximum atomic E-state index is 12.6. The third-order valence-electron chi connectivity index (χ3n) is 5.64. The molecule has 1 saturated heterocycles. The zero-order valence-corrected chi connectivity index (χ0v) is 18.0. The van der Waals surface area contributed by atoms with Crippen molar-refractivity contribution in [1.29, 1.82) is 0 Å². The van der Waals surface area contributed by atoms with Crippen LogP contribution in [-0.2, 0) is 16.0 Å². The summed E-state index contributed by atoms with van der Waals surface area (Å²) in [5.41, 5.74) is 0.831. The number of likely N-dealkylation sites (tertiary alicyclic amines) is 1. The molecule has 0 saturated carbocycles. The molecule has 0 atom stereocenters. The van der Waals surface area contributed by atoms with E-state index in [9.17, 15) is 9.59 Å². The molecule has 0 bridgehead atoms. The first-order valence-electron chi connectivity index (χ1n) is 10.6. The standard InChI is InChI=1S/C22H30N4O4/c1-4-25(5-2)22(28)17-12-14-26(15-13-17)20(27)11-10-19-23-21(24-30-19)16-6-8-18(29-3)9-7-16/h6-9,17H,4-5,10-15H2,1-3H3. The molecule has 3 rings (SSSR count). The third kappa shape index (κ3) is 5.17. The van der Waals surface area contributed by atoms with Crippen molar-refractivity contribution in [2.75, 3.05) is 33.3 Å². The molecule has 0 spiro atoms. The number of rotatable bonds is 8. The molecule has 1 aromatic heterocycles. The fraction of sp³-hybridized carbons (Fsp3) is 0.545. The number of hydrogen-bond acceptors (Lipinski definition) is 6. The Hall–Kier alpha value is -2.90. The number of nitrogens with zero attached hydrogens (tertiary/aromatic N) is 4. The van der Waals surface area contributed by atoms with Gasteiger partial charge in [-0.2, -0.15) is 4.98 Å². The number of carbonyl (C=O) groups excluding carboxylic acids is 2. The van der Waals surface area contributed by atoms with Crippen LogP contribution in [-0.4, -0.2) is 65.0 Å². The Morgan fingerprint density at radius 3 is 2.43 bits per heavy atom. The van der Waals surface area contributed by atoms with Crippen LogP contribution in [0.1, 0.15) is 39.0 Å². The highest BCUT2D eigenvalue weighted by molar-refractivity contribution is 5.80. The van der Waals surface area contributed by atoms with Crippen LogP contribution < -0.4 is 4.74 Å². The number of methoxy groups -OCH3 is 1. The Labute approximate surface area is 177 Å². The minimum Gasteiger partial charge on any atom is -0.497 e. The molecule has 162 valence electrons. The summed E-state index contributed by atoms with van der Waals surface area (Å²) in [4.78, 5) is 33.2. The van der Waals surface area contributed by atoms with Gasteiger partial charge in [0.05, 0.1) is 7.11 Å². The van der Waals surface area contributed by atoms with Crippen LogP contribution in [0.15, 0.2) is 28.8 Å². The van der Waals surface area contributed by atoms with E-state index < -0.39 is 0 Å². The quantitative estimate of drug-likeness (QED) is 0.660. The van der Waals surface area contributed by atoms with Gasteiger partial charge in [-0.05, 0) is 51.0 Å². The van der Waals surface area contributed by atoms with Crippen molar-refractivity contribution in [2.24, 2.45) is 5.92 Å². The molecular weight excluding hydrogens is 384 g/mol. The summed E-state index contributed by atoms with van der Waals surface area (Å²) in [6.45, 7) is 6.71. The Kier molecular flexibility index (Phi) is 7.43. The fourth-order valence-corrected chi connectivity index (χ4v) is 3.76. The molecule has 0 radical (unpaired) electrons. The first kappa shape index (κ1) is 21.8. The predicted molar refractivity (Wildman–Crippen MR) is 112 cm³/mol. The number of piperidine rings is 1. The molecule has 2 amide bonds. The van der Waals surface area contributed by atoms with E-state index in [1.165, 1.54) is 0 Å². The van der Waals surface area contributed by atoms with Crippen molar-refractivity contribution in [3.63, 3.8) is 0 Å². The second kappa shape index (κ2) is 10.2. The highest BCUT2D eigenvalue weighted by Crippen LogP contribution is 2.22. The van der Waals surface area contributed by atoms with Crippen LogP contribution in [0.5, 0.6) is 5.75 Å². The van der Waals surface area contributed by atoms with E-state index >= 15 is 0 Å². The van der Waals surface area contributed by atoms with Gasteiger partial charge in [-0.1, -0.05) is 5.16 Å². The van der Waals surface area contributed by atoms with Gasteiger partial charge >= 0.3 is 0 Å². The normalized spacial score (nSPS) is 14.6. The molecule has 0 N–H and O–H groups in total. The average molecular weight is 415 g/mol. The van der Waals surface area contributed by atoms with E-state index in [4.69, 9.17) is 9.26 Å². The Morgan fingerprint density at radius 1 is 1.17 bits per heavy atom. The average Bonchev–Trinajstić information content (AvgIpc) is 3.27. The summed E-state index contributed by atoms with van der Waals surface area (Å²) >= 11 is 0. The predicted octanol–water partition coefficient (Wildman–Crippen LogP) is 2.78. The van der Waals surface area contributed by atoms with E-state index in [-0.39, 0.29) is 17.7 Å². The van der Waals surface area contributed by atoms with E-state index in [2.05, 4.69) is 10.1 Å². The monoisotopic (exact) mass is 414 g/mol. The zero-order chi connectivity index (χ0) is 21.5. The Balaban J connectivity index is 1.47. The van der Waals surface area contributed by atoms with E-state index in [0.29, 0.717) is 37.6 Å². The van der Waals surface area contributed by atoms with Crippen molar-refractivity contribution in [3.8, 4) is 17.1 Å². The number of benzene rings is 1. The second-order valence-corrected chi connectivity index (χ2v) is 7.41. The molecule has 1 aliphatic heterocycles. The minimum absolute atomic E-state index is 0.0249. The molecule has 2 heterocycles. The van der Waals surface area contributed by atoms with Crippen LogP contribution >= 0.6 is 0 Å².